The van der Waals surface area contributed by atoms with Gasteiger partial charge in [-0.2, -0.15) is 32.8 Å². The number of carbonyl (C=O) groups excluding carboxylic acids is 7. The van der Waals surface area contributed by atoms with Gasteiger partial charge in [-0.25, -0.2) is 47.9 Å². The zero-order valence-corrected chi connectivity index (χ0v) is 84.4. The van der Waals surface area contributed by atoms with E-state index in [1.54, 1.807) is 94.9 Å². The fraction of sp³-hybridized carbons (Fsp3) is 0.318. The largest absolute Gasteiger partial charge is 0.351 e. The lowest BCUT2D eigenvalue weighted by Crippen LogP contribution is -2.51. The van der Waals surface area contributed by atoms with E-state index in [1.165, 1.54) is 108 Å². The summed E-state index contributed by atoms with van der Waals surface area (Å²) >= 11 is 0. The number of pyridine rings is 2. The number of hydrogen-bond donors (Lipinski definition) is 0. The van der Waals surface area contributed by atoms with Gasteiger partial charge in [0.15, 0.2) is 0 Å². The molecule has 3 saturated carbocycles. The first-order valence-corrected chi connectivity index (χ1v) is 50.7. The molecule has 9 aromatic heterocycles. The number of piperidine rings is 1. The second-order valence-electron chi connectivity index (χ2n) is 36.0. The van der Waals surface area contributed by atoms with Crippen molar-refractivity contribution in [2.24, 2.45) is 5.92 Å². The summed E-state index contributed by atoms with van der Waals surface area (Å²) in [5, 5.41) is 55.6. The van der Waals surface area contributed by atoms with E-state index in [0.29, 0.717) is 119 Å². The van der Waals surface area contributed by atoms with Crippen molar-refractivity contribution in [2.45, 2.75) is 176 Å². The van der Waals surface area contributed by atoms with Gasteiger partial charge in [0.1, 0.15) is 33.4 Å². The minimum Gasteiger partial charge on any atom is -0.320 e. The Bertz CT molecular complexity index is 7200. The average Bonchev–Trinajstić information content (AvgIpc) is 1.61. The molecule has 760 valence electrons. The van der Waals surface area contributed by atoms with Gasteiger partial charge >= 0.3 is 42.2 Å². The van der Waals surface area contributed by atoms with E-state index in [1.807, 2.05) is 269 Å². The maximum Gasteiger partial charge on any atom is 0.351 e. The lowest BCUT2D eigenvalue weighted by Gasteiger charge is -2.43. The molecule has 148 heavy (non-hydrogen) atoms. The Morgan fingerprint density at radius 2 is 0.655 bits per heavy atom. The van der Waals surface area contributed by atoms with Crippen LogP contribution in [-0.2, 0) is 0 Å². The number of nitrogens with zero attached hydrogens (tertiary/aromatic N) is 30. The number of aryl methyl sites for hydroxylation is 2. The van der Waals surface area contributed by atoms with Crippen molar-refractivity contribution in [2.75, 3.05) is 65.4 Å². The smallest absolute Gasteiger partial charge is 0.320 e. The molecule has 37 nitrogen and oxygen atoms in total. The predicted octanol–water partition coefficient (Wildman–Crippen LogP) is 21.4. The molecule has 0 N–H and O–H groups in total. The fourth-order valence-corrected chi connectivity index (χ4v) is 19.2. The molecular weight excluding hydrogens is 1870 g/mol. The first-order chi connectivity index (χ1) is 72.4. The standard InChI is InChI=1S/2C17H22N4O.2C16H16N4O.C15H13FN4O.C15H19N5O.C14H13N5O/c2*1-2-20(15-11-7-4-8-12-15)17(22)21-16(13-18-19-21)14-9-5-3-6-10-14;2*1-3-19(13-10-8-12(2)9-11-13)16(21)20-15-7-5-4-6-14(15)17-18-20;1-2-19(13-9-5-3-7-11(13)16)15(21)20-14-10-6-4-8-12(14)17-18-20;21-15(20-13-8-3-9-16-14(13)17-18-20)19-10-4-6-11-5-1-2-7-12(11)19;1-2-18(11-7-4-3-5-8-11)14(20)19-12-9-6-10-15-13(12)16-17-19/h2*3,5-6,9-10,13,15H,2,4,7-8,11-12H2,1H3;2*4-11H,3H2,1-2H3;3-10H,2H2,1H3;3,8-9,11-12H,1-2,4-7,10H2;3-10H,2H2,1H3. The zero-order valence-electron chi connectivity index (χ0n) is 84.4. The normalized spacial score (nSPS) is 14.3. The van der Waals surface area contributed by atoms with E-state index in [4.69, 9.17) is 0 Å². The maximum absolute atomic E-state index is 13.9. The first-order valence-electron chi connectivity index (χ1n) is 50.7. The number of amides is 7. The summed E-state index contributed by atoms with van der Waals surface area (Å²) in [6.45, 7) is 19.9. The molecule has 1 aliphatic heterocycles. The van der Waals surface area contributed by atoms with E-state index in [2.05, 4.69) is 82.2 Å². The molecule has 9 aromatic carbocycles. The molecule has 7 amide bonds. The Hall–Kier alpha value is -17.2. The van der Waals surface area contributed by atoms with Gasteiger partial charge in [-0.3, -0.25) is 19.6 Å². The predicted molar refractivity (Wildman–Crippen MR) is 567 cm³/mol. The summed E-state index contributed by atoms with van der Waals surface area (Å²) in [4.78, 5) is 110. The van der Waals surface area contributed by atoms with Crippen molar-refractivity contribution in [1.29, 1.82) is 0 Å². The molecule has 38 heteroatoms. The van der Waals surface area contributed by atoms with Crippen LogP contribution in [-0.4, -0.2) is 236 Å². The van der Waals surface area contributed by atoms with Crippen LogP contribution in [0.5, 0.6) is 0 Å². The van der Waals surface area contributed by atoms with Crippen molar-refractivity contribution in [1.82, 2.24) is 130 Å². The topological polar surface area (TPSA) is 383 Å². The van der Waals surface area contributed by atoms with Gasteiger partial charge < -0.3 is 14.7 Å². The number of aromatic nitrogens is 23. The minimum atomic E-state index is -0.447. The van der Waals surface area contributed by atoms with Crippen molar-refractivity contribution < 1.29 is 38.0 Å². The third-order valence-electron chi connectivity index (χ3n) is 26.8. The number of likely N-dealkylation sites (tertiary alicyclic amines) is 1. The van der Waals surface area contributed by atoms with Gasteiger partial charge in [-0.05, 0) is 222 Å². The lowest BCUT2D eigenvalue weighted by atomic mass is 9.78. The van der Waals surface area contributed by atoms with Crippen LogP contribution >= 0.6 is 0 Å². The van der Waals surface area contributed by atoms with Crippen LogP contribution in [0.25, 0.3) is 77.9 Å². The summed E-state index contributed by atoms with van der Waals surface area (Å²) < 4.78 is 23.3. The molecule has 0 radical (unpaired) electrons. The highest BCUT2D eigenvalue weighted by Gasteiger charge is 2.38. The Kier molecular flexibility index (Phi) is 35.3. The van der Waals surface area contributed by atoms with Crippen molar-refractivity contribution in [3.63, 3.8) is 0 Å². The molecular formula is C110H121FN30O7. The van der Waals surface area contributed by atoms with E-state index in [-0.39, 0.29) is 41.9 Å². The number of hydrogen-bond acceptors (Lipinski definition) is 23. The molecule has 10 heterocycles. The molecule has 2 unspecified atom stereocenters. The van der Waals surface area contributed by atoms with Crippen LogP contribution < -0.4 is 19.6 Å². The molecule has 18 aromatic rings. The molecule has 1 saturated heterocycles. The maximum atomic E-state index is 13.9. The van der Waals surface area contributed by atoms with Gasteiger partial charge in [0.05, 0.1) is 46.0 Å². The molecule has 4 fully saturated rings. The van der Waals surface area contributed by atoms with Crippen molar-refractivity contribution in [3.05, 3.63) is 303 Å². The Morgan fingerprint density at radius 1 is 0.311 bits per heavy atom. The summed E-state index contributed by atoms with van der Waals surface area (Å²) in [7, 11) is 0. The second-order valence-corrected chi connectivity index (χ2v) is 36.0. The van der Waals surface area contributed by atoms with Crippen molar-refractivity contribution in [3.8, 4) is 22.5 Å². The van der Waals surface area contributed by atoms with Gasteiger partial charge in [0, 0.05) is 105 Å². The first kappa shape index (κ1) is 104. The van der Waals surface area contributed by atoms with Crippen LogP contribution in [0.4, 0.5) is 60.7 Å². The van der Waals surface area contributed by atoms with E-state index in [9.17, 15) is 38.0 Å². The number of para-hydroxylation sites is 5. The number of fused-ring (bicyclic) bond motifs is 6. The quantitative estimate of drug-likeness (QED) is 0.0975. The summed E-state index contributed by atoms with van der Waals surface area (Å²) in [5.74, 6) is 0.224. The summed E-state index contributed by atoms with van der Waals surface area (Å²) in [5.41, 5.74) is 14.9. The van der Waals surface area contributed by atoms with E-state index >= 15 is 0 Å². The molecule has 0 spiro atoms. The molecule has 0 bridgehead atoms. The van der Waals surface area contributed by atoms with E-state index in [0.717, 1.165) is 95.8 Å². The van der Waals surface area contributed by atoms with Crippen LogP contribution in [0, 0.1) is 25.6 Å². The number of anilines is 4. The minimum absolute atomic E-state index is 0.0397. The number of benzene rings is 9. The summed E-state index contributed by atoms with van der Waals surface area (Å²) in [6.07, 6.45) is 25.6. The van der Waals surface area contributed by atoms with Crippen LogP contribution in [0.15, 0.2) is 286 Å². The third-order valence-corrected chi connectivity index (χ3v) is 26.8. The van der Waals surface area contributed by atoms with Crippen molar-refractivity contribution >= 4 is 120 Å². The lowest BCUT2D eigenvalue weighted by molar-refractivity contribution is 0.0837. The van der Waals surface area contributed by atoms with Gasteiger partial charge in [0.25, 0.3) is 0 Å². The molecule has 2 atom stereocenters. The fourth-order valence-electron chi connectivity index (χ4n) is 19.2. The number of rotatable bonds is 14. The molecule has 22 rings (SSSR count). The van der Waals surface area contributed by atoms with Crippen LogP contribution in [0.1, 0.15) is 155 Å². The highest BCUT2D eigenvalue weighted by Crippen LogP contribution is 2.37. The Labute approximate surface area is 855 Å². The summed E-state index contributed by atoms with van der Waals surface area (Å²) in [6, 6.07) is 80.0. The number of carbonyl (C=O) groups is 7. The third kappa shape index (κ3) is 24.2. The van der Waals surface area contributed by atoms with Gasteiger partial charge in [-0.15, -0.1) is 35.7 Å². The second kappa shape index (κ2) is 50.3. The van der Waals surface area contributed by atoms with Crippen LogP contribution in [0.2, 0.25) is 0 Å². The molecule has 3 aliphatic carbocycles. The molecule has 4 aliphatic rings. The Balaban J connectivity index is 0.000000123. The SMILES string of the molecule is CCN(C(=O)n1nnc2ccccc21)c1ccc(C)cc1.CCN(C(=O)n1nnc2ccccc21)c1ccc(C)cc1.CCN(C(=O)n1nnc2ccccc21)c1ccccc1F.CCN(C(=O)n1nnc2ncccc21)c1ccccc1.CCN(C(=O)n1nncc1-c1ccccc1)C1CCCCC1.CCN(C(=O)n1nncc1-c1ccccc1)C1CCCCC1.O=C(N1CCCC2CCCCC21)n1nnc2ncccc21. The average molecular weight is 1990 g/mol. The monoisotopic (exact) mass is 1990 g/mol. The Morgan fingerprint density at radius 3 is 1.08 bits per heavy atom. The number of halogens is 1. The van der Waals surface area contributed by atoms with Gasteiger partial charge in [0.2, 0.25) is 11.3 Å². The zero-order chi connectivity index (χ0) is 103. The van der Waals surface area contributed by atoms with Crippen LogP contribution in [0.3, 0.4) is 0 Å². The van der Waals surface area contributed by atoms with Gasteiger partial charge in [-0.1, -0.05) is 251 Å². The van der Waals surface area contributed by atoms with E-state index < -0.39 is 11.8 Å². The highest BCUT2D eigenvalue weighted by molar-refractivity contribution is 6.01. The highest BCUT2D eigenvalue weighted by atomic mass is 19.1.